The number of likely N-dealkylation sites (tertiary alicyclic amines) is 1. The highest BCUT2D eigenvalue weighted by Gasteiger charge is 2.36. The number of hydrogen-bond donors (Lipinski definition) is 2. The number of hydrogen-bond acceptors (Lipinski definition) is 5. The first kappa shape index (κ1) is 24.0. The van der Waals surface area contributed by atoms with Gasteiger partial charge in [0.15, 0.2) is 5.96 Å². The van der Waals surface area contributed by atoms with Crippen LogP contribution in [0, 0.1) is 11.8 Å². The lowest BCUT2D eigenvalue weighted by Crippen LogP contribution is -2.40. The predicted octanol–water partition coefficient (Wildman–Crippen LogP) is 2.69. The second kappa shape index (κ2) is 11.7. The van der Waals surface area contributed by atoms with Gasteiger partial charge in [-0.15, -0.1) is 24.0 Å². The van der Waals surface area contributed by atoms with Gasteiger partial charge < -0.3 is 19.7 Å². The van der Waals surface area contributed by atoms with Crippen molar-refractivity contribution in [3.63, 3.8) is 0 Å². The first-order chi connectivity index (χ1) is 13.0. The van der Waals surface area contributed by atoms with E-state index in [2.05, 4.69) is 27.2 Å². The zero-order valence-corrected chi connectivity index (χ0v) is 19.1. The van der Waals surface area contributed by atoms with Crippen LogP contribution in [-0.4, -0.2) is 56.8 Å². The molecular weight excluding hydrogens is 475 g/mol. The Morgan fingerprint density at radius 3 is 2.43 bits per heavy atom. The van der Waals surface area contributed by atoms with Crippen molar-refractivity contribution in [2.75, 3.05) is 39.2 Å². The molecule has 0 aromatic heterocycles. The van der Waals surface area contributed by atoms with Crippen LogP contribution in [0.4, 0.5) is 10.5 Å². The first-order valence-corrected chi connectivity index (χ1v) is 9.03. The summed E-state index contributed by atoms with van der Waals surface area (Å²) in [5.41, 5.74) is 1.67. The fourth-order valence-electron chi connectivity index (χ4n) is 3.05. The van der Waals surface area contributed by atoms with Crippen molar-refractivity contribution >= 4 is 47.7 Å². The standard InChI is InChI=1S/C19H28N4O4.HI/c1-5-20-18(23-11-13(2)16(12-23)17(24)26-3)21-10-14-6-8-15(9-7-14)22-19(25)27-4;/h6-9,13,16H,5,10-12H2,1-4H3,(H,20,21)(H,22,25);1H. The minimum Gasteiger partial charge on any atom is -0.469 e. The molecule has 0 spiro atoms. The van der Waals surface area contributed by atoms with Crippen LogP contribution in [0.2, 0.25) is 0 Å². The van der Waals surface area contributed by atoms with Gasteiger partial charge in [-0.1, -0.05) is 19.1 Å². The Balaban J connectivity index is 0.00000392. The summed E-state index contributed by atoms with van der Waals surface area (Å²) in [4.78, 5) is 29.9. The summed E-state index contributed by atoms with van der Waals surface area (Å²) in [5.74, 6) is 0.689. The van der Waals surface area contributed by atoms with Crippen LogP contribution >= 0.6 is 24.0 Å². The second-order valence-electron chi connectivity index (χ2n) is 6.50. The molecule has 28 heavy (non-hydrogen) atoms. The van der Waals surface area contributed by atoms with Gasteiger partial charge >= 0.3 is 12.1 Å². The number of benzene rings is 1. The van der Waals surface area contributed by atoms with E-state index in [0.717, 1.165) is 24.6 Å². The number of carbonyl (C=O) groups excluding carboxylic acids is 2. The molecule has 0 aliphatic carbocycles. The number of methoxy groups -OCH3 is 2. The summed E-state index contributed by atoms with van der Waals surface area (Å²) >= 11 is 0. The fraction of sp³-hybridized carbons (Fsp3) is 0.526. The molecule has 1 aliphatic heterocycles. The van der Waals surface area contributed by atoms with Crippen LogP contribution in [0.25, 0.3) is 0 Å². The van der Waals surface area contributed by atoms with E-state index in [1.165, 1.54) is 14.2 Å². The molecule has 1 aromatic carbocycles. The van der Waals surface area contributed by atoms with Crippen molar-refractivity contribution in [3.8, 4) is 0 Å². The summed E-state index contributed by atoms with van der Waals surface area (Å²) in [6.45, 7) is 6.66. The van der Waals surface area contributed by atoms with E-state index in [0.29, 0.717) is 18.8 Å². The van der Waals surface area contributed by atoms with Crippen molar-refractivity contribution in [3.05, 3.63) is 29.8 Å². The molecule has 1 aromatic rings. The molecule has 0 radical (unpaired) electrons. The normalized spacial score (nSPS) is 18.9. The van der Waals surface area contributed by atoms with Gasteiger partial charge in [-0.25, -0.2) is 9.79 Å². The maximum atomic E-state index is 11.9. The third kappa shape index (κ3) is 6.54. The van der Waals surface area contributed by atoms with Gasteiger partial charge in [0.25, 0.3) is 0 Å². The van der Waals surface area contributed by atoms with Gasteiger partial charge in [0.1, 0.15) is 0 Å². The number of guanidine groups is 1. The molecule has 2 atom stereocenters. The highest BCUT2D eigenvalue weighted by atomic mass is 127. The first-order valence-electron chi connectivity index (χ1n) is 9.03. The van der Waals surface area contributed by atoms with Crippen LogP contribution in [0.3, 0.4) is 0 Å². The SMILES string of the molecule is CCNC(=NCc1ccc(NC(=O)OC)cc1)N1CC(C)C(C(=O)OC)C1.I. The van der Waals surface area contributed by atoms with E-state index < -0.39 is 6.09 Å². The summed E-state index contributed by atoms with van der Waals surface area (Å²) in [7, 11) is 2.75. The average Bonchev–Trinajstić information content (AvgIpc) is 3.07. The lowest BCUT2D eigenvalue weighted by atomic mass is 9.99. The minimum atomic E-state index is -0.501. The van der Waals surface area contributed by atoms with Crippen LogP contribution < -0.4 is 10.6 Å². The summed E-state index contributed by atoms with van der Waals surface area (Å²) < 4.78 is 9.47. The van der Waals surface area contributed by atoms with Gasteiger partial charge in [0, 0.05) is 25.3 Å². The van der Waals surface area contributed by atoms with E-state index in [1.807, 2.05) is 19.1 Å². The Morgan fingerprint density at radius 1 is 1.18 bits per heavy atom. The molecule has 1 fully saturated rings. The third-order valence-corrected chi connectivity index (χ3v) is 4.55. The van der Waals surface area contributed by atoms with Gasteiger partial charge in [0.05, 0.1) is 26.7 Å². The van der Waals surface area contributed by atoms with Crippen LogP contribution in [0.1, 0.15) is 19.4 Å². The van der Waals surface area contributed by atoms with Crippen molar-refractivity contribution in [1.82, 2.24) is 10.2 Å². The number of nitrogens with zero attached hydrogens (tertiary/aromatic N) is 2. The monoisotopic (exact) mass is 504 g/mol. The van der Waals surface area contributed by atoms with Gasteiger partial charge in [-0.3, -0.25) is 10.1 Å². The van der Waals surface area contributed by atoms with Crippen molar-refractivity contribution in [2.24, 2.45) is 16.8 Å². The quantitative estimate of drug-likeness (QED) is 0.277. The Morgan fingerprint density at radius 2 is 1.86 bits per heavy atom. The molecule has 0 saturated carbocycles. The van der Waals surface area contributed by atoms with Crippen LogP contribution in [0.15, 0.2) is 29.3 Å². The van der Waals surface area contributed by atoms with Crippen molar-refractivity contribution in [2.45, 2.75) is 20.4 Å². The smallest absolute Gasteiger partial charge is 0.411 e. The number of esters is 1. The zero-order valence-electron chi connectivity index (χ0n) is 16.7. The van der Waals surface area contributed by atoms with Crippen LogP contribution in [0.5, 0.6) is 0 Å². The van der Waals surface area contributed by atoms with Gasteiger partial charge in [-0.05, 0) is 30.5 Å². The fourth-order valence-corrected chi connectivity index (χ4v) is 3.05. The Labute approximate surface area is 183 Å². The molecule has 8 nitrogen and oxygen atoms in total. The number of carbonyl (C=O) groups is 2. The van der Waals surface area contributed by atoms with Gasteiger partial charge in [-0.2, -0.15) is 0 Å². The molecule has 2 unspecified atom stereocenters. The Kier molecular flexibility index (Phi) is 10.0. The van der Waals surface area contributed by atoms with E-state index in [1.54, 1.807) is 12.1 Å². The summed E-state index contributed by atoms with van der Waals surface area (Å²) in [5, 5.41) is 5.90. The van der Waals surface area contributed by atoms with Gasteiger partial charge in [0.2, 0.25) is 0 Å². The summed E-state index contributed by atoms with van der Waals surface area (Å²) in [6.07, 6.45) is -0.501. The Hall–Kier alpha value is -2.04. The number of rotatable bonds is 5. The molecule has 9 heteroatoms. The molecule has 2 N–H and O–H groups in total. The molecule has 1 saturated heterocycles. The van der Waals surface area contributed by atoms with Crippen LogP contribution in [-0.2, 0) is 20.8 Å². The Bertz CT molecular complexity index is 681. The lowest BCUT2D eigenvalue weighted by molar-refractivity contribution is -0.145. The highest BCUT2D eigenvalue weighted by molar-refractivity contribution is 14.0. The number of aliphatic imine (C=N–C) groups is 1. The molecular formula is C19H29IN4O4. The minimum absolute atomic E-state index is 0. The predicted molar refractivity (Wildman–Crippen MR) is 119 cm³/mol. The zero-order chi connectivity index (χ0) is 19.8. The molecule has 0 bridgehead atoms. The number of halogens is 1. The van der Waals surface area contributed by atoms with Crippen molar-refractivity contribution < 1.29 is 19.1 Å². The van der Waals surface area contributed by atoms with Crippen molar-refractivity contribution in [1.29, 1.82) is 0 Å². The third-order valence-electron chi connectivity index (χ3n) is 4.55. The molecule has 1 aliphatic rings. The number of amides is 1. The lowest BCUT2D eigenvalue weighted by Gasteiger charge is -2.21. The van der Waals surface area contributed by atoms with E-state index >= 15 is 0 Å². The average molecular weight is 504 g/mol. The summed E-state index contributed by atoms with van der Waals surface area (Å²) in [6, 6.07) is 7.42. The molecule has 156 valence electrons. The number of ether oxygens (including phenoxy) is 2. The number of anilines is 1. The maximum absolute atomic E-state index is 11.9. The molecule has 1 heterocycles. The van der Waals surface area contributed by atoms with E-state index in [4.69, 9.17) is 9.73 Å². The second-order valence-corrected chi connectivity index (χ2v) is 6.50. The van der Waals surface area contributed by atoms with E-state index in [-0.39, 0.29) is 41.8 Å². The van der Waals surface area contributed by atoms with E-state index in [9.17, 15) is 9.59 Å². The topological polar surface area (TPSA) is 92.3 Å². The molecule has 1 amide bonds. The maximum Gasteiger partial charge on any atom is 0.411 e. The molecule has 2 rings (SSSR count). The largest absolute Gasteiger partial charge is 0.469 e. The number of nitrogens with one attached hydrogen (secondary N) is 2. The highest BCUT2D eigenvalue weighted by Crippen LogP contribution is 2.24.